The van der Waals surface area contributed by atoms with Crippen molar-refractivity contribution >= 4 is 11.5 Å². The Morgan fingerprint density at radius 2 is 2.27 bits per heavy atom. The predicted octanol–water partition coefficient (Wildman–Crippen LogP) is 2.32. The summed E-state index contributed by atoms with van der Waals surface area (Å²) >= 11 is 0. The second-order valence-corrected chi connectivity index (χ2v) is 3.31. The van der Waals surface area contributed by atoms with E-state index in [1.165, 1.54) is 0 Å². The number of carboxylic acid groups (broad SMARTS) is 1. The number of hydrogen-bond acceptors (Lipinski definition) is 2. The number of aliphatic carboxylic acids is 1. The third kappa shape index (κ3) is 3.46. The van der Waals surface area contributed by atoms with Crippen LogP contribution in [-0.2, 0) is 16.0 Å². The zero-order valence-corrected chi connectivity index (χ0v) is 8.86. The summed E-state index contributed by atoms with van der Waals surface area (Å²) in [7, 11) is 1.59. The van der Waals surface area contributed by atoms with Crippen molar-refractivity contribution < 1.29 is 14.6 Å². The summed E-state index contributed by atoms with van der Waals surface area (Å²) in [6.07, 6.45) is 1.69. The van der Waals surface area contributed by atoms with Gasteiger partial charge in [0.25, 0.3) is 0 Å². The van der Waals surface area contributed by atoms with Gasteiger partial charge in [-0.2, -0.15) is 0 Å². The SMILES string of the molecule is CO/C=C(\C)c1cccc(CC(=O)O)c1. The lowest BCUT2D eigenvalue weighted by Gasteiger charge is -2.03. The maximum Gasteiger partial charge on any atom is 0.307 e. The second kappa shape index (κ2) is 5.20. The van der Waals surface area contributed by atoms with Crippen LogP contribution in [0.5, 0.6) is 0 Å². The van der Waals surface area contributed by atoms with Crippen LogP contribution in [0, 0.1) is 0 Å². The van der Waals surface area contributed by atoms with Crippen LogP contribution in [0.2, 0.25) is 0 Å². The zero-order chi connectivity index (χ0) is 11.3. The van der Waals surface area contributed by atoms with Gasteiger partial charge in [0.2, 0.25) is 0 Å². The van der Waals surface area contributed by atoms with E-state index >= 15 is 0 Å². The first kappa shape index (κ1) is 11.3. The molecule has 3 heteroatoms. The van der Waals surface area contributed by atoms with Gasteiger partial charge in [0.15, 0.2) is 0 Å². The van der Waals surface area contributed by atoms with Crippen molar-refractivity contribution in [2.45, 2.75) is 13.3 Å². The molecule has 1 aromatic rings. The van der Waals surface area contributed by atoms with Gasteiger partial charge < -0.3 is 9.84 Å². The summed E-state index contributed by atoms with van der Waals surface area (Å²) < 4.78 is 4.90. The maximum absolute atomic E-state index is 10.5. The summed E-state index contributed by atoms with van der Waals surface area (Å²) in [5.74, 6) is -0.819. The molecular weight excluding hydrogens is 192 g/mol. The number of benzene rings is 1. The topological polar surface area (TPSA) is 46.5 Å². The van der Waals surface area contributed by atoms with E-state index in [0.717, 1.165) is 16.7 Å². The molecule has 0 heterocycles. The lowest BCUT2D eigenvalue weighted by atomic mass is 10.0. The fourth-order valence-corrected chi connectivity index (χ4v) is 1.35. The fourth-order valence-electron chi connectivity index (χ4n) is 1.35. The summed E-state index contributed by atoms with van der Waals surface area (Å²) in [6.45, 7) is 1.92. The Balaban J connectivity index is 2.92. The number of ether oxygens (including phenoxy) is 1. The molecule has 0 aromatic heterocycles. The van der Waals surface area contributed by atoms with E-state index in [9.17, 15) is 4.79 Å². The molecule has 0 amide bonds. The number of carboxylic acids is 1. The van der Waals surface area contributed by atoms with E-state index in [1.54, 1.807) is 19.4 Å². The van der Waals surface area contributed by atoms with Gasteiger partial charge in [-0.1, -0.05) is 24.3 Å². The standard InChI is InChI=1S/C12H14O3/c1-9(8-15-2)11-5-3-4-10(6-11)7-12(13)14/h3-6,8H,7H2,1-2H3,(H,13,14)/b9-8+. The van der Waals surface area contributed by atoms with Crippen LogP contribution >= 0.6 is 0 Å². The van der Waals surface area contributed by atoms with E-state index in [2.05, 4.69) is 0 Å². The molecule has 3 nitrogen and oxygen atoms in total. The van der Waals surface area contributed by atoms with Gasteiger partial charge in [-0.3, -0.25) is 4.79 Å². The van der Waals surface area contributed by atoms with Crippen molar-refractivity contribution in [1.29, 1.82) is 0 Å². The second-order valence-electron chi connectivity index (χ2n) is 3.31. The maximum atomic E-state index is 10.5. The van der Waals surface area contributed by atoms with E-state index in [-0.39, 0.29) is 6.42 Å². The minimum absolute atomic E-state index is 0.0497. The van der Waals surface area contributed by atoms with Crippen molar-refractivity contribution in [3.8, 4) is 0 Å². The van der Waals surface area contributed by atoms with Gasteiger partial charge in [-0.15, -0.1) is 0 Å². The van der Waals surface area contributed by atoms with Gasteiger partial charge >= 0.3 is 5.97 Å². The van der Waals surface area contributed by atoms with Crippen LogP contribution in [0.15, 0.2) is 30.5 Å². The average molecular weight is 206 g/mol. The molecule has 0 spiro atoms. The first-order chi connectivity index (χ1) is 7.13. The molecule has 0 atom stereocenters. The van der Waals surface area contributed by atoms with E-state index < -0.39 is 5.97 Å². The molecule has 0 saturated carbocycles. The summed E-state index contributed by atoms with van der Waals surface area (Å²) in [5, 5.41) is 8.66. The Kier molecular flexibility index (Phi) is 3.92. The van der Waals surface area contributed by atoms with Crippen molar-refractivity contribution in [1.82, 2.24) is 0 Å². The van der Waals surface area contributed by atoms with Crippen molar-refractivity contribution in [3.05, 3.63) is 41.7 Å². The van der Waals surface area contributed by atoms with E-state index in [0.29, 0.717) is 0 Å². The number of rotatable bonds is 4. The van der Waals surface area contributed by atoms with Gasteiger partial charge in [-0.05, 0) is 23.6 Å². The highest BCUT2D eigenvalue weighted by Crippen LogP contribution is 2.15. The van der Waals surface area contributed by atoms with Gasteiger partial charge in [0, 0.05) is 0 Å². The van der Waals surface area contributed by atoms with Crippen LogP contribution in [0.4, 0.5) is 0 Å². The molecule has 0 saturated heterocycles. The van der Waals surface area contributed by atoms with Crippen LogP contribution in [0.3, 0.4) is 0 Å². The van der Waals surface area contributed by atoms with E-state index in [1.807, 2.05) is 25.1 Å². The smallest absolute Gasteiger partial charge is 0.307 e. The molecule has 0 fully saturated rings. The number of methoxy groups -OCH3 is 1. The molecule has 80 valence electrons. The molecular formula is C12H14O3. The van der Waals surface area contributed by atoms with Crippen LogP contribution < -0.4 is 0 Å². The molecule has 0 aliphatic heterocycles. The highest BCUT2D eigenvalue weighted by Gasteiger charge is 2.02. The Labute approximate surface area is 89.0 Å². The minimum Gasteiger partial charge on any atom is -0.504 e. The van der Waals surface area contributed by atoms with Crippen LogP contribution in [0.1, 0.15) is 18.1 Å². The lowest BCUT2D eigenvalue weighted by molar-refractivity contribution is -0.136. The van der Waals surface area contributed by atoms with Gasteiger partial charge in [0.05, 0.1) is 19.8 Å². The Morgan fingerprint density at radius 1 is 1.53 bits per heavy atom. The molecule has 0 radical (unpaired) electrons. The van der Waals surface area contributed by atoms with Crippen LogP contribution in [-0.4, -0.2) is 18.2 Å². The molecule has 0 aliphatic carbocycles. The molecule has 15 heavy (non-hydrogen) atoms. The summed E-state index contributed by atoms with van der Waals surface area (Å²) in [6, 6.07) is 7.44. The third-order valence-electron chi connectivity index (χ3n) is 2.03. The fraction of sp³-hybridized carbons (Fsp3) is 0.250. The highest BCUT2D eigenvalue weighted by atomic mass is 16.5. The third-order valence-corrected chi connectivity index (χ3v) is 2.03. The summed E-state index contributed by atoms with van der Waals surface area (Å²) in [5.41, 5.74) is 2.75. The highest BCUT2D eigenvalue weighted by molar-refractivity contribution is 5.71. The monoisotopic (exact) mass is 206 g/mol. The first-order valence-electron chi connectivity index (χ1n) is 4.64. The van der Waals surface area contributed by atoms with Crippen molar-refractivity contribution in [2.24, 2.45) is 0 Å². The zero-order valence-electron chi connectivity index (χ0n) is 8.86. The van der Waals surface area contributed by atoms with Crippen molar-refractivity contribution in [3.63, 3.8) is 0 Å². The van der Waals surface area contributed by atoms with E-state index in [4.69, 9.17) is 9.84 Å². The number of carbonyl (C=O) groups is 1. The Hall–Kier alpha value is -1.77. The van der Waals surface area contributed by atoms with Crippen LogP contribution in [0.25, 0.3) is 5.57 Å². The minimum atomic E-state index is -0.819. The molecule has 0 bridgehead atoms. The molecule has 0 aliphatic rings. The molecule has 0 unspecified atom stereocenters. The largest absolute Gasteiger partial charge is 0.504 e. The molecule has 1 aromatic carbocycles. The normalized spacial score (nSPS) is 11.2. The number of allylic oxidation sites excluding steroid dienone is 1. The van der Waals surface area contributed by atoms with Gasteiger partial charge in [0.1, 0.15) is 0 Å². The van der Waals surface area contributed by atoms with Gasteiger partial charge in [-0.25, -0.2) is 0 Å². The molecule has 1 N–H and O–H groups in total. The lowest BCUT2D eigenvalue weighted by Crippen LogP contribution is -2.00. The molecule has 1 rings (SSSR count). The van der Waals surface area contributed by atoms with Crippen molar-refractivity contribution in [2.75, 3.05) is 7.11 Å². The predicted molar refractivity (Wildman–Crippen MR) is 58.4 cm³/mol. The summed E-state index contributed by atoms with van der Waals surface area (Å²) in [4.78, 5) is 10.5. The first-order valence-corrected chi connectivity index (χ1v) is 4.64. The Bertz CT molecular complexity index is 380. The quantitative estimate of drug-likeness (QED) is 0.769. The number of hydrogen-bond donors (Lipinski definition) is 1. The Morgan fingerprint density at radius 3 is 2.87 bits per heavy atom. The average Bonchev–Trinajstić information content (AvgIpc) is 2.17.